The standard InChI is InChI=1S/C19H13N3O3S2/c23-16(13-8-4-10-26-13)15-17(20-18(24)14-9-5-11-27-14)21-22(19(15)25)12-6-2-1-3-7-12/h1-11,21H,(H,20,24). The average molecular weight is 395 g/mol. The van der Waals surface area contributed by atoms with Crippen LogP contribution in [0.4, 0.5) is 5.82 Å². The van der Waals surface area contributed by atoms with Gasteiger partial charge in [0.05, 0.1) is 15.4 Å². The van der Waals surface area contributed by atoms with Gasteiger partial charge in [0.25, 0.3) is 11.5 Å². The highest BCUT2D eigenvalue weighted by Gasteiger charge is 2.25. The number of ketones is 1. The van der Waals surface area contributed by atoms with Gasteiger partial charge in [-0.25, -0.2) is 4.68 Å². The molecule has 2 N–H and O–H groups in total. The number of anilines is 1. The normalized spacial score (nSPS) is 10.7. The minimum Gasteiger partial charge on any atom is -0.306 e. The van der Waals surface area contributed by atoms with Crippen LogP contribution < -0.4 is 10.9 Å². The second-order valence-electron chi connectivity index (χ2n) is 5.58. The summed E-state index contributed by atoms with van der Waals surface area (Å²) < 4.78 is 1.25. The molecule has 0 atom stereocenters. The molecule has 0 unspecified atom stereocenters. The van der Waals surface area contributed by atoms with Crippen molar-refractivity contribution >= 4 is 40.2 Å². The number of hydrogen-bond acceptors (Lipinski definition) is 5. The Labute approximate surface area is 161 Å². The van der Waals surface area contributed by atoms with E-state index >= 15 is 0 Å². The Hall–Kier alpha value is -3.23. The third-order valence-corrected chi connectivity index (χ3v) is 5.60. The molecule has 0 aliphatic rings. The van der Waals surface area contributed by atoms with Crippen LogP contribution in [0.3, 0.4) is 0 Å². The predicted molar refractivity (Wildman–Crippen MR) is 106 cm³/mol. The summed E-state index contributed by atoms with van der Waals surface area (Å²) in [6.45, 7) is 0. The minimum atomic E-state index is -0.513. The van der Waals surface area contributed by atoms with E-state index in [4.69, 9.17) is 0 Å². The lowest BCUT2D eigenvalue weighted by Crippen LogP contribution is -2.21. The van der Waals surface area contributed by atoms with Crippen molar-refractivity contribution in [1.29, 1.82) is 0 Å². The number of carbonyl (C=O) groups excluding carboxylic acids is 2. The van der Waals surface area contributed by atoms with E-state index in [-0.39, 0.29) is 17.3 Å². The second-order valence-corrected chi connectivity index (χ2v) is 7.47. The molecule has 27 heavy (non-hydrogen) atoms. The maximum atomic E-state index is 13.0. The van der Waals surface area contributed by atoms with Crippen LogP contribution in [-0.4, -0.2) is 21.5 Å². The monoisotopic (exact) mass is 395 g/mol. The zero-order valence-electron chi connectivity index (χ0n) is 13.8. The highest BCUT2D eigenvalue weighted by atomic mass is 32.1. The number of amides is 1. The Kier molecular flexibility index (Phi) is 4.57. The highest BCUT2D eigenvalue weighted by molar-refractivity contribution is 7.12. The van der Waals surface area contributed by atoms with Crippen molar-refractivity contribution in [2.45, 2.75) is 0 Å². The van der Waals surface area contributed by atoms with Crippen LogP contribution in [0.1, 0.15) is 24.9 Å². The molecule has 1 aromatic carbocycles. The van der Waals surface area contributed by atoms with Crippen LogP contribution in [0.15, 0.2) is 70.2 Å². The number of nitrogens with zero attached hydrogens (tertiary/aromatic N) is 1. The third kappa shape index (κ3) is 3.27. The zero-order chi connectivity index (χ0) is 18.8. The molecule has 4 rings (SSSR count). The van der Waals surface area contributed by atoms with E-state index in [1.807, 2.05) is 6.07 Å². The van der Waals surface area contributed by atoms with Gasteiger partial charge < -0.3 is 5.32 Å². The lowest BCUT2D eigenvalue weighted by molar-refractivity contribution is 0.103. The fraction of sp³-hybridized carbons (Fsp3) is 0. The van der Waals surface area contributed by atoms with Gasteiger partial charge in [0.1, 0.15) is 11.4 Å². The summed E-state index contributed by atoms with van der Waals surface area (Å²) >= 11 is 2.52. The molecule has 3 aromatic heterocycles. The number of rotatable bonds is 5. The Balaban J connectivity index is 1.82. The number of para-hydroxylation sites is 1. The average Bonchev–Trinajstić information content (AvgIpc) is 3.44. The summed E-state index contributed by atoms with van der Waals surface area (Å²) in [5, 5.41) is 9.07. The van der Waals surface area contributed by atoms with Gasteiger partial charge in [0.2, 0.25) is 5.78 Å². The molecule has 1 amide bonds. The lowest BCUT2D eigenvalue weighted by Gasteiger charge is -2.03. The van der Waals surface area contributed by atoms with E-state index in [1.165, 1.54) is 27.4 Å². The Morgan fingerprint density at radius 3 is 2.19 bits per heavy atom. The summed E-state index contributed by atoms with van der Waals surface area (Å²) in [5.41, 5.74) is -0.0355. The molecular formula is C19H13N3O3S2. The van der Waals surface area contributed by atoms with E-state index in [9.17, 15) is 14.4 Å². The number of aromatic amines is 1. The molecule has 6 nitrogen and oxygen atoms in total. The van der Waals surface area contributed by atoms with Gasteiger partial charge in [0, 0.05) is 0 Å². The molecular weight excluding hydrogens is 382 g/mol. The van der Waals surface area contributed by atoms with E-state index < -0.39 is 11.3 Å². The van der Waals surface area contributed by atoms with E-state index in [1.54, 1.807) is 59.3 Å². The van der Waals surface area contributed by atoms with Crippen LogP contribution in [0.2, 0.25) is 0 Å². The molecule has 0 aliphatic carbocycles. The van der Waals surface area contributed by atoms with Crippen molar-refractivity contribution in [2.24, 2.45) is 0 Å². The van der Waals surface area contributed by atoms with E-state index in [0.29, 0.717) is 15.4 Å². The largest absolute Gasteiger partial charge is 0.306 e. The lowest BCUT2D eigenvalue weighted by atomic mass is 10.2. The smallest absolute Gasteiger partial charge is 0.284 e. The fourth-order valence-electron chi connectivity index (χ4n) is 2.61. The first kappa shape index (κ1) is 17.2. The quantitative estimate of drug-likeness (QED) is 0.505. The molecule has 0 bridgehead atoms. The number of nitrogens with one attached hydrogen (secondary N) is 2. The van der Waals surface area contributed by atoms with Crippen LogP contribution in [0.25, 0.3) is 5.69 Å². The van der Waals surface area contributed by atoms with Gasteiger partial charge in [-0.2, -0.15) is 0 Å². The summed E-state index contributed by atoms with van der Waals surface area (Å²) in [7, 11) is 0. The number of H-pyrrole nitrogens is 1. The number of aromatic nitrogens is 2. The Morgan fingerprint density at radius 2 is 1.56 bits per heavy atom. The van der Waals surface area contributed by atoms with Gasteiger partial charge in [-0.05, 0) is 35.0 Å². The maximum absolute atomic E-state index is 13.0. The van der Waals surface area contributed by atoms with Gasteiger partial charge in [0.15, 0.2) is 0 Å². The first-order valence-electron chi connectivity index (χ1n) is 7.98. The van der Waals surface area contributed by atoms with Crippen molar-refractivity contribution < 1.29 is 9.59 Å². The molecule has 0 spiro atoms. The molecule has 4 aromatic rings. The van der Waals surface area contributed by atoms with Crippen molar-refractivity contribution in [2.75, 3.05) is 5.32 Å². The van der Waals surface area contributed by atoms with Crippen molar-refractivity contribution in [3.05, 3.63) is 91.0 Å². The Bertz CT molecular complexity index is 1140. The second kappa shape index (κ2) is 7.18. The molecule has 0 aliphatic heterocycles. The van der Waals surface area contributed by atoms with Gasteiger partial charge >= 0.3 is 0 Å². The maximum Gasteiger partial charge on any atom is 0.284 e. The van der Waals surface area contributed by atoms with Crippen molar-refractivity contribution in [3.63, 3.8) is 0 Å². The van der Waals surface area contributed by atoms with Crippen molar-refractivity contribution in [1.82, 2.24) is 9.78 Å². The number of hydrogen-bond donors (Lipinski definition) is 2. The summed E-state index contributed by atoms with van der Waals surface area (Å²) in [4.78, 5) is 39.2. The molecule has 134 valence electrons. The van der Waals surface area contributed by atoms with Crippen LogP contribution in [0.5, 0.6) is 0 Å². The van der Waals surface area contributed by atoms with Crippen LogP contribution in [-0.2, 0) is 0 Å². The first-order chi connectivity index (χ1) is 13.1. The third-order valence-electron chi connectivity index (χ3n) is 3.86. The van der Waals surface area contributed by atoms with E-state index in [0.717, 1.165) is 0 Å². The SMILES string of the molecule is O=C(Nc1[nH]n(-c2ccccc2)c(=O)c1C(=O)c1cccs1)c1cccs1. The van der Waals surface area contributed by atoms with Gasteiger partial charge in [-0.3, -0.25) is 19.5 Å². The van der Waals surface area contributed by atoms with Gasteiger partial charge in [-0.15, -0.1) is 22.7 Å². The fourth-order valence-corrected chi connectivity index (χ4v) is 3.90. The Morgan fingerprint density at radius 1 is 0.889 bits per heavy atom. The van der Waals surface area contributed by atoms with Gasteiger partial charge in [-0.1, -0.05) is 30.3 Å². The summed E-state index contributed by atoms with van der Waals surface area (Å²) in [5.74, 6) is -0.727. The minimum absolute atomic E-state index is 0.0839. The first-order valence-corrected chi connectivity index (χ1v) is 9.74. The number of thiophene rings is 2. The van der Waals surface area contributed by atoms with Crippen molar-refractivity contribution in [3.8, 4) is 5.69 Å². The molecule has 8 heteroatoms. The molecule has 0 radical (unpaired) electrons. The highest BCUT2D eigenvalue weighted by Crippen LogP contribution is 2.20. The van der Waals surface area contributed by atoms with Crippen LogP contribution >= 0.6 is 22.7 Å². The van der Waals surface area contributed by atoms with E-state index in [2.05, 4.69) is 10.4 Å². The number of carbonyl (C=O) groups is 2. The molecule has 0 fully saturated rings. The number of benzene rings is 1. The summed E-state index contributed by atoms with van der Waals surface area (Å²) in [6, 6.07) is 15.7. The summed E-state index contributed by atoms with van der Waals surface area (Å²) in [6.07, 6.45) is 0. The molecule has 3 heterocycles. The molecule has 0 saturated carbocycles. The topological polar surface area (TPSA) is 84.0 Å². The van der Waals surface area contributed by atoms with Crippen LogP contribution in [0, 0.1) is 0 Å². The molecule has 0 saturated heterocycles. The zero-order valence-corrected chi connectivity index (χ0v) is 15.5. The predicted octanol–water partition coefficient (Wildman–Crippen LogP) is 3.77.